The van der Waals surface area contributed by atoms with Gasteiger partial charge >= 0.3 is 0 Å². The fraction of sp³-hybridized carbons (Fsp3) is 0.435. The molecule has 5 heteroatoms. The Kier molecular flexibility index (Phi) is 5.74. The lowest BCUT2D eigenvalue weighted by Crippen LogP contribution is -2.41. The molecule has 0 aromatic heterocycles. The number of rotatable bonds is 6. The highest BCUT2D eigenvalue weighted by molar-refractivity contribution is 5.80. The molecule has 28 heavy (non-hydrogen) atoms. The number of aliphatic hydroxyl groups is 1. The van der Waals surface area contributed by atoms with Crippen molar-refractivity contribution in [3.8, 4) is 0 Å². The van der Waals surface area contributed by atoms with Gasteiger partial charge in [-0.25, -0.2) is 4.39 Å². The third-order valence-corrected chi connectivity index (χ3v) is 6.15. The van der Waals surface area contributed by atoms with Crippen LogP contribution in [0.5, 0.6) is 0 Å². The molecular formula is C23H27FN2O2. The standard InChI is InChI=1S/C23H27FN2O2/c24-19-10-8-17(9-11-19)16-25(13-14-27)23(28)20-15-22(18-5-2-1-3-6-18)26-12-4-7-21(20)26/h1-3,5-6,8-11,20-22,27H,4,7,12-16H2/t20-,21+,22-/m1/s1. The number of fused-ring (bicyclic) bond motifs is 1. The zero-order chi connectivity index (χ0) is 19.5. The molecule has 148 valence electrons. The minimum atomic E-state index is -0.285. The quantitative estimate of drug-likeness (QED) is 0.833. The number of benzene rings is 2. The minimum absolute atomic E-state index is 0.0558. The maximum absolute atomic E-state index is 13.4. The van der Waals surface area contributed by atoms with Gasteiger partial charge in [0.25, 0.3) is 0 Å². The van der Waals surface area contributed by atoms with Gasteiger partial charge in [0, 0.05) is 25.2 Å². The Morgan fingerprint density at radius 3 is 2.61 bits per heavy atom. The lowest BCUT2D eigenvalue weighted by molar-refractivity contribution is -0.137. The Bertz CT molecular complexity index is 796. The first kappa shape index (κ1) is 19.1. The van der Waals surface area contributed by atoms with Crippen LogP contribution in [0.4, 0.5) is 4.39 Å². The maximum atomic E-state index is 13.4. The molecule has 4 rings (SSSR count). The van der Waals surface area contributed by atoms with Crippen molar-refractivity contribution < 1.29 is 14.3 Å². The van der Waals surface area contributed by atoms with Gasteiger partial charge in [0.05, 0.1) is 12.5 Å². The van der Waals surface area contributed by atoms with Crippen LogP contribution in [0.15, 0.2) is 54.6 Å². The molecule has 1 amide bonds. The summed E-state index contributed by atoms with van der Waals surface area (Å²) < 4.78 is 13.2. The van der Waals surface area contributed by atoms with E-state index in [-0.39, 0.29) is 36.3 Å². The number of carbonyl (C=O) groups is 1. The van der Waals surface area contributed by atoms with E-state index < -0.39 is 0 Å². The number of halogens is 1. The largest absolute Gasteiger partial charge is 0.395 e. The summed E-state index contributed by atoms with van der Waals surface area (Å²) in [5.74, 6) is -0.236. The molecule has 2 saturated heterocycles. The topological polar surface area (TPSA) is 43.8 Å². The van der Waals surface area contributed by atoms with Gasteiger partial charge in [0.1, 0.15) is 5.82 Å². The third-order valence-electron chi connectivity index (χ3n) is 6.15. The van der Waals surface area contributed by atoms with Crippen molar-refractivity contribution in [2.75, 3.05) is 19.7 Å². The van der Waals surface area contributed by atoms with Crippen molar-refractivity contribution >= 4 is 5.91 Å². The number of carbonyl (C=O) groups excluding carboxylic acids is 1. The number of amides is 1. The molecule has 0 spiro atoms. The molecule has 2 aromatic rings. The summed E-state index contributed by atoms with van der Waals surface area (Å²) in [5, 5.41) is 9.50. The van der Waals surface area contributed by atoms with Gasteiger partial charge in [-0.2, -0.15) is 0 Å². The van der Waals surface area contributed by atoms with Gasteiger partial charge in [-0.05, 0) is 49.1 Å². The summed E-state index contributed by atoms with van der Waals surface area (Å²) in [6.07, 6.45) is 2.98. The van der Waals surface area contributed by atoms with Crippen molar-refractivity contribution in [1.82, 2.24) is 9.80 Å². The van der Waals surface area contributed by atoms with Gasteiger partial charge in [0.2, 0.25) is 5.91 Å². The number of hydrogen-bond acceptors (Lipinski definition) is 3. The van der Waals surface area contributed by atoms with Crippen LogP contribution in [0.25, 0.3) is 0 Å². The van der Waals surface area contributed by atoms with Crippen LogP contribution in [0.2, 0.25) is 0 Å². The second-order valence-corrected chi connectivity index (χ2v) is 7.83. The molecule has 0 unspecified atom stereocenters. The van der Waals surface area contributed by atoms with E-state index in [4.69, 9.17) is 0 Å². The highest BCUT2D eigenvalue weighted by Gasteiger charge is 2.48. The Hall–Kier alpha value is -2.24. The second-order valence-electron chi connectivity index (χ2n) is 7.83. The molecule has 0 aliphatic carbocycles. The van der Waals surface area contributed by atoms with Crippen molar-refractivity contribution in [3.63, 3.8) is 0 Å². The fourth-order valence-corrected chi connectivity index (χ4v) is 4.87. The van der Waals surface area contributed by atoms with Crippen molar-refractivity contribution in [2.24, 2.45) is 5.92 Å². The van der Waals surface area contributed by atoms with E-state index in [1.165, 1.54) is 17.7 Å². The molecule has 2 aliphatic heterocycles. The van der Waals surface area contributed by atoms with E-state index in [2.05, 4.69) is 29.2 Å². The van der Waals surface area contributed by atoms with E-state index in [0.717, 1.165) is 31.4 Å². The SMILES string of the molecule is O=C([C@@H]1C[C@H](c2ccccc2)N2CCC[C@@H]12)N(CCO)Cc1ccc(F)cc1. The van der Waals surface area contributed by atoms with Gasteiger partial charge in [-0.1, -0.05) is 42.5 Å². The summed E-state index contributed by atoms with van der Waals surface area (Å²) in [5.41, 5.74) is 2.15. The molecule has 3 atom stereocenters. The second kappa shape index (κ2) is 8.41. The van der Waals surface area contributed by atoms with E-state index in [0.29, 0.717) is 13.1 Å². The normalized spacial score (nSPS) is 24.3. The molecule has 2 aliphatic rings. The zero-order valence-electron chi connectivity index (χ0n) is 16.0. The van der Waals surface area contributed by atoms with Gasteiger partial charge in [0.15, 0.2) is 0 Å². The zero-order valence-corrected chi connectivity index (χ0v) is 16.0. The molecule has 0 saturated carbocycles. The predicted molar refractivity (Wildman–Crippen MR) is 106 cm³/mol. The van der Waals surface area contributed by atoms with Crippen molar-refractivity contribution in [2.45, 2.75) is 37.9 Å². The number of aliphatic hydroxyl groups excluding tert-OH is 1. The summed E-state index contributed by atoms with van der Waals surface area (Å²) in [6.45, 7) is 1.66. The van der Waals surface area contributed by atoms with Crippen LogP contribution in [0.3, 0.4) is 0 Å². The Labute approximate surface area is 165 Å². The average molecular weight is 382 g/mol. The first-order chi connectivity index (χ1) is 13.7. The summed E-state index contributed by atoms with van der Waals surface area (Å²) >= 11 is 0. The molecule has 1 N–H and O–H groups in total. The molecule has 0 radical (unpaired) electrons. The summed E-state index contributed by atoms with van der Waals surface area (Å²) in [7, 11) is 0. The Balaban J connectivity index is 1.53. The monoisotopic (exact) mass is 382 g/mol. The lowest BCUT2D eigenvalue weighted by Gasteiger charge is -2.28. The molecule has 2 fully saturated rings. The maximum Gasteiger partial charge on any atom is 0.227 e. The highest BCUT2D eigenvalue weighted by atomic mass is 19.1. The molecular weight excluding hydrogens is 355 g/mol. The predicted octanol–water partition coefficient (Wildman–Crippen LogP) is 3.37. The number of nitrogens with zero attached hydrogens (tertiary/aromatic N) is 2. The van der Waals surface area contributed by atoms with Crippen LogP contribution in [-0.4, -0.2) is 46.6 Å². The average Bonchev–Trinajstić information content (AvgIpc) is 3.32. The summed E-state index contributed by atoms with van der Waals surface area (Å²) in [4.78, 5) is 17.7. The minimum Gasteiger partial charge on any atom is -0.395 e. The Morgan fingerprint density at radius 2 is 1.89 bits per heavy atom. The van der Waals surface area contributed by atoms with E-state index in [1.807, 2.05) is 6.07 Å². The third kappa shape index (κ3) is 3.82. The van der Waals surface area contributed by atoms with Gasteiger partial charge in [-0.15, -0.1) is 0 Å². The van der Waals surface area contributed by atoms with Crippen molar-refractivity contribution in [1.29, 1.82) is 0 Å². The van der Waals surface area contributed by atoms with Gasteiger partial charge < -0.3 is 10.0 Å². The van der Waals surface area contributed by atoms with Crippen LogP contribution in [0, 0.1) is 11.7 Å². The fourth-order valence-electron chi connectivity index (χ4n) is 4.87. The van der Waals surface area contributed by atoms with E-state index in [1.54, 1.807) is 17.0 Å². The van der Waals surface area contributed by atoms with E-state index >= 15 is 0 Å². The Morgan fingerprint density at radius 1 is 1.14 bits per heavy atom. The van der Waals surface area contributed by atoms with Crippen LogP contribution in [0.1, 0.15) is 36.4 Å². The smallest absolute Gasteiger partial charge is 0.227 e. The van der Waals surface area contributed by atoms with E-state index in [9.17, 15) is 14.3 Å². The summed E-state index contributed by atoms with van der Waals surface area (Å²) in [6, 6.07) is 17.2. The van der Waals surface area contributed by atoms with Gasteiger partial charge in [-0.3, -0.25) is 9.69 Å². The molecule has 2 heterocycles. The molecule has 4 nitrogen and oxygen atoms in total. The lowest BCUT2D eigenvalue weighted by atomic mass is 9.93. The first-order valence-corrected chi connectivity index (χ1v) is 10.1. The molecule has 2 aromatic carbocycles. The highest BCUT2D eigenvalue weighted by Crippen LogP contribution is 2.45. The van der Waals surface area contributed by atoms with Crippen molar-refractivity contribution in [3.05, 3.63) is 71.5 Å². The van der Waals surface area contributed by atoms with Crippen LogP contribution in [-0.2, 0) is 11.3 Å². The molecule has 0 bridgehead atoms. The number of hydrogen-bond donors (Lipinski definition) is 1. The van der Waals surface area contributed by atoms with Crippen LogP contribution >= 0.6 is 0 Å². The van der Waals surface area contributed by atoms with Crippen LogP contribution < -0.4 is 0 Å². The first-order valence-electron chi connectivity index (χ1n) is 10.1.